The molecule has 72 valence electrons. The molecule has 0 aromatic heterocycles. The van der Waals surface area contributed by atoms with Crippen molar-refractivity contribution in [2.24, 2.45) is 0 Å². The summed E-state index contributed by atoms with van der Waals surface area (Å²) in [6.45, 7) is 10.0. The van der Waals surface area contributed by atoms with Gasteiger partial charge in [-0.05, 0) is 33.6 Å². The predicted octanol–water partition coefficient (Wildman–Crippen LogP) is 4.42. The fourth-order valence-electron chi connectivity index (χ4n) is 0.970. The SMILES string of the molecule is C=CC=CC=C(C)CCC=C(C)C. The average Bonchev–Trinajstić information content (AvgIpc) is 2.04. The lowest BCUT2D eigenvalue weighted by Gasteiger charge is -1.96. The van der Waals surface area contributed by atoms with Crippen LogP contribution in [0.3, 0.4) is 0 Å². The molecule has 0 rings (SSSR count). The van der Waals surface area contributed by atoms with Crippen LogP contribution in [0.5, 0.6) is 0 Å². The summed E-state index contributed by atoms with van der Waals surface area (Å²) in [6.07, 6.45) is 12.5. The van der Waals surface area contributed by atoms with Crippen LogP contribution in [0, 0.1) is 0 Å². The van der Waals surface area contributed by atoms with Crippen molar-refractivity contribution in [3.8, 4) is 0 Å². The molecule has 0 saturated carbocycles. The molecule has 0 aromatic rings. The van der Waals surface area contributed by atoms with E-state index in [2.05, 4.69) is 39.5 Å². The van der Waals surface area contributed by atoms with E-state index in [1.165, 1.54) is 11.1 Å². The van der Waals surface area contributed by atoms with Gasteiger partial charge in [0.05, 0.1) is 0 Å². The molecule has 0 heteroatoms. The van der Waals surface area contributed by atoms with Gasteiger partial charge in [-0.2, -0.15) is 0 Å². The quantitative estimate of drug-likeness (QED) is 0.429. The van der Waals surface area contributed by atoms with Gasteiger partial charge in [0, 0.05) is 0 Å². The molecule has 0 heterocycles. The van der Waals surface area contributed by atoms with Gasteiger partial charge in [0.2, 0.25) is 0 Å². The van der Waals surface area contributed by atoms with Crippen LogP contribution in [-0.4, -0.2) is 0 Å². The smallest absolute Gasteiger partial charge is 0.0285 e. The summed E-state index contributed by atoms with van der Waals surface area (Å²) < 4.78 is 0. The summed E-state index contributed by atoms with van der Waals surface area (Å²) in [5, 5.41) is 0. The Morgan fingerprint density at radius 1 is 1.15 bits per heavy atom. The highest BCUT2D eigenvalue weighted by Crippen LogP contribution is 2.06. The first-order valence-electron chi connectivity index (χ1n) is 4.75. The Bertz CT molecular complexity index is 222. The topological polar surface area (TPSA) is 0 Å². The second-order valence-electron chi connectivity index (χ2n) is 3.45. The lowest BCUT2D eigenvalue weighted by atomic mass is 10.1. The molecule has 0 spiro atoms. The maximum absolute atomic E-state index is 3.62. The van der Waals surface area contributed by atoms with Gasteiger partial charge in [0.25, 0.3) is 0 Å². The first kappa shape index (κ1) is 12.0. The van der Waals surface area contributed by atoms with Crippen LogP contribution in [0.15, 0.2) is 48.1 Å². The number of hydrogen-bond acceptors (Lipinski definition) is 0. The first-order chi connectivity index (χ1) is 6.16. The van der Waals surface area contributed by atoms with Crippen molar-refractivity contribution < 1.29 is 0 Å². The predicted molar refractivity (Wildman–Crippen MR) is 61.8 cm³/mol. The van der Waals surface area contributed by atoms with Crippen molar-refractivity contribution in [1.82, 2.24) is 0 Å². The first-order valence-corrected chi connectivity index (χ1v) is 4.75. The zero-order valence-corrected chi connectivity index (χ0v) is 9.01. The van der Waals surface area contributed by atoms with Crippen LogP contribution >= 0.6 is 0 Å². The third-order valence-electron chi connectivity index (χ3n) is 1.72. The summed E-state index contributed by atoms with van der Waals surface area (Å²) >= 11 is 0. The van der Waals surface area contributed by atoms with E-state index in [0.717, 1.165) is 12.8 Å². The molecule has 0 nitrogen and oxygen atoms in total. The van der Waals surface area contributed by atoms with Gasteiger partial charge in [0.1, 0.15) is 0 Å². The molecular weight excluding hydrogens is 156 g/mol. The summed E-state index contributed by atoms with van der Waals surface area (Å²) in [7, 11) is 0. The zero-order chi connectivity index (χ0) is 10.1. The van der Waals surface area contributed by atoms with Gasteiger partial charge < -0.3 is 0 Å². The Morgan fingerprint density at radius 3 is 2.38 bits per heavy atom. The second kappa shape index (κ2) is 7.60. The van der Waals surface area contributed by atoms with Crippen LogP contribution in [0.4, 0.5) is 0 Å². The van der Waals surface area contributed by atoms with Gasteiger partial charge in [-0.1, -0.05) is 48.1 Å². The maximum Gasteiger partial charge on any atom is -0.0285 e. The summed E-state index contributed by atoms with van der Waals surface area (Å²) in [4.78, 5) is 0. The lowest BCUT2D eigenvalue weighted by Crippen LogP contribution is -1.75. The number of hydrogen-bond donors (Lipinski definition) is 0. The molecule has 0 unspecified atom stereocenters. The highest BCUT2D eigenvalue weighted by atomic mass is 13.9. The standard InChI is InChI=1S/C13H20/c1-5-6-7-10-13(4)11-8-9-12(2)3/h5-7,9-10H,1,8,11H2,2-4H3. The molecule has 0 saturated heterocycles. The van der Waals surface area contributed by atoms with Crippen LogP contribution < -0.4 is 0 Å². The monoisotopic (exact) mass is 176 g/mol. The Balaban J connectivity index is 3.79. The minimum atomic E-state index is 1.15. The molecule has 0 N–H and O–H groups in total. The number of rotatable bonds is 5. The fourth-order valence-corrected chi connectivity index (χ4v) is 0.970. The third kappa shape index (κ3) is 8.87. The van der Waals surface area contributed by atoms with Gasteiger partial charge in [0.15, 0.2) is 0 Å². The van der Waals surface area contributed by atoms with E-state index in [-0.39, 0.29) is 0 Å². The van der Waals surface area contributed by atoms with Crippen LogP contribution in [0.1, 0.15) is 33.6 Å². The van der Waals surface area contributed by atoms with Crippen molar-refractivity contribution in [1.29, 1.82) is 0 Å². The number of allylic oxidation sites excluding steroid dienone is 7. The Morgan fingerprint density at radius 2 is 1.85 bits per heavy atom. The minimum absolute atomic E-state index is 1.15. The van der Waals surface area contributed by atoms with Crippen molar-refractivity contribution >= 4 is 0 Å². The molecule has 0 radical (unpaired) electrons. The maximum atomic E-state index is 3.62. The van der Waals surface area contributed by atoms with E-state index in [4.69, 9.17) is 0 Å². The lowest BCUT2D eigenvalue weighted by molar-refractivity contribution is 0.967. The second-order valence-corrected chi connectivity index (χ2v) is 3.45. The molecule has 0 aliphatic carbocycles. The summed E-state index contributed by atoms with van der Waals surface area (Å²) in [5.41, 5.74) is 2.81. The fraction of sp³-hybridized carbons (Fsp3) is 0.385. The van der Waals surface area contributed by atoms with Crippen LogP contribution in [0.2, 0.25) is 0 Å². The third-order valence-corrected chi connectivity index (χ3v) is 1.72. The largest absolute Gasteiger partial charge is 0.0991 e. The van der Waals surface area contributed by atoms with Gasteiger partial charge in [-0.3, -0.25) is 0 Å². The average molecular weight is 176 g/mol. The van der Waals surface area contributed by atoms with Crippen molar-refractivity contribution in [2.45, 2.75) is 33.6 Å². The molecule has 0 amide bonds. The van der Waals surface area contributed by atoms with E-state index >= 15 is 0 Å². The molecule has 0 atom stereocenters. The Hall–Kier alpha value is -1.04. The van der Waals surface area contributed by atoms with E-state index in [9.17, 15) is 0 Å². The molecule has 13 heavy (non-hydrogen) atoms. The van der Waals surface area contributed by atoms with Crippen molar-refractivity contribution in [3.05, 3.63) is 48.1 Å². The van der Waals surface area contributed by atoms with Crippen LogP contribution in [0.25, 0.3) is 0 Å². The van der Waals surface area contributed by atoms with Crippen LogP contribution in [-0.2, 0) is 0 Å². The molecule has 0 aliphatic rings. The van der Waals surface area contributed by atoms with Gasteiger partial charge >= 0.3 is 0 Å². The molecule has 0 aromatic carbocycles. The Labute approximate surface area is 82.4 Å². The highest BCUT2D eigenvalue weighted by Gasteiger charge is 1.86. The minimum Gasteiger partial charge on any atom is -0.0991 e. The van der Waals surface area contributed by atoms with Crippen molar-refractivity contribution in [3.63, 3.8) is 0 Å². The van der Waals surface area contributed by atoms with Gasteiger partial charge in [-0.25, -0.2) is 0 Å². The zero-order valence-electron chi connectivity index (χ0n) is 9.01. The summed E-state index contributed by atoms with van der Waals surface area (Å²) in [6, 6.07) is 0. The van der Waals surface area contributed by atoms with Gasteiger partial charge in [-0.15, -0.1) is 0 Å². The molecule has 0 fully saturated rings. The van der Waals surface area contributed by atoms with Crippen molar-refractivity contribution in [2.75, 3.05) is 0 Å². The van der Waals surface area contributed by atoms with E-state index in [1.807, 2.05) is 12.2 Å². The molecular formula is C13H20. The van der Waals surface area contributed by atoms with E-state index in [0.29, 0.717) is 0 Å². The Kier molecular flexibility index (Phi) is 6.99. The highest BCUT2D eigenvalue weighted by molar-refractivity contribution is 5.14. The molecule has 0 bridgehead atoms. The van der Waals surface area contributed by atoms with E-state index < -0.39 is 0 Å². The van der Waals surface area contributed by atoms with E-state index in [1.54, 1.807) is 6.08 Å². The summed E-state index contributed by atoms with van der Waals surface area (Å²) in [5.74, 6) is 0. The molecule has 0 aliphatic heterocycles. The normalized spacial score (nSPS) is 11.8.